The molecule has 0 radical (unpaired) electrons. The number of hydrogen-bond donors (Lipinski definition) is 2. The lowest BCUT2D eigenvalue weighted by Crippen LogP contribution is -2.41. The van der Waals surface area contributed by atoms with Gasteiger partial charge in [-0.15, -0.1) is 12.4 Å². The van der Waals surface area contributed by atoms with Gasteiger partial charge in [0.25, 0.3) is 0 Å². The topological polar surface area (TPSA) is 50.4 Å². The van der Waals surface area contributed by atoms with E-state index in [4.69, 9.17) is 4.74 Å². The summed E-state index contributed by atoms with van der Waals surface area (Å²) in [6.45, 7) is 2.27. The fourth-order valence-electron chi connectivity index (χ4n) is 2.49. The third kappa shape index (κ3) is 4.82. The Balaban J connectivity index is 0.00000144. The van der Waals surface area contributed by atoms with E-state index in [9.17, 15) is 4.79 Å². The number of halogens is 1. The van der Waals surface area contributed by atoms with Crippen molar-refractivity contribution >= 4 is 18.3 Å². The van der Waals surface area contributed by atoms with Gasteiger partial charge in [0.1, 0.15) is 0 Å². The van der Waals surface area contributed by atoms with E-state index in [0.717, 1.165) is 19.4 Å². The van der Waals surface area contributed by atoms with Gasteiger partial charge >= 0.3 is 0 Å². The van der Waals surface area contributed by atoms with Crippen molar-refractivity contribution < 1.29 is 9.53 Å². The predicted molar refractivity (Wildman–Crippen MR) is 69.5 cm³/mol. The maximum Gasteiger partial charge on any atom is 0.237 e. The summed E-state index contributed by atoms with van der Waals surface area (Å²) in [4.78, 5) is 11.6. The van der Waals surface area contributed by atoms with Gasteiger partial charge in [-0.1, -0.05) is 12.8 Å². The van der Waals surface area contributed by atoms with Crippen molar-refractivity contribution in [3.63, 3.8) is 0 Å². The highest BCUT2D eigenvalue weighted by molar-refractivity contribution is 5.85. The summed E-state index contributed by atoms with van der Waals surface area (Å²) in [7, 11) is 0. The van der Waals surface area contributed by atoms with Crippen LogP contribution in [0.4, 0.5) is 0 Å². The lowest BCUT2D eigenvalue weighted by atomic mass is 10.2. The first kappa shape index (κ1) is 14.7. The van der Waals surface area contributed by atoms with Gasteiger partial charge in [0.2, 0.25) is 5.91 Å². The molecule has 2 fully saturated rings. The summed E-state index contributed by atoms with van der Waals surface area (Å²) in [6.07, 6.45) is 7.50. The van der Waals surface area contributed by atoms with Crippen LogP contribution in [0.15, 0.2) is 0 Å². The Hall–Kier alpha value is -0.320. The van der Waals surface area contributed by atoms with Gasteiger partial charge in [-0.2, -0.15) is 0 Å². The molecule has 5 heteroatoms. The molecule has 1 heterocycles. The second kappa shape index (κ2) is 7.90. The minimum absolute atomic E-state index is 0. The third-order valence-corrected chi connectivity index (χ3v) is 3.43. The van der Waals surface area contributed by atoms with Gasteiger partial charge in [-0.25, -0.2) is 0 Å². The quantitative estimate of drug-likeness (QED) is 0.733. The monoisotopic (exact) mass is 262 g/mol. The van der Waals surface area contributed by atoms with Crippen LogP contribution >= 0.6 is 12.4 Å². The standard InChI is InChI=1S/C12H22N2O2.ClH/c15-12(11-6-3-7-13-11)14-8-9-16-10-4-1-2-5-10;/h10-11,13H,1-9H2,(H,14,15);1H/t11-;/m0./s1. The summed E-state index contributed by atoms with van der Waals surface area (Å²) in [6, 6.07) is 0.0338. The summed E-state index contributed by atoms with van der Waals surface area (Å²) < 4.78 is 5.68. The molecular formula is C12H23ClN2O2. The Bertz CT molecular complexity index is 227. The summed E-state index contributed by atoms with van der Waals surface area (Å²) >= 11 is 0. The summed E-state index contributed by atoms with van der Waals surface area (Å²) in [5.74, 6) is 0.132. The molecule has 0 aromatic rings. The van der Waals surface area contributed by atoms with E-state index in [2.05, 4.69) is 10.6 Å². The molecule has 100 valence electrons. The van der Waals surface area contributed by atoms with Crippen LogP contribution in [-0.4, -0.2) is 37.7 Å². The Morgan fingerprint density at radius 1 is 1.24 bits per heavy atom. The third-order valence-electron chi connectivity index (χ3n) is 3.43. The van der Waals surface area contributed by atoms with E-state index in [-0.39, 0.29) is 24.4 Å². The molecule has 0 aromatic heterocycles. The van der Waals surface area contributed by atoms with Crippen molar-refractivity contribution in [3.05, 3.63) is 0 Å². The zero-order valence-electron chi connectivity index (χ0n) is 10.2. The predicted octanol–water partition coefficient (Wildman–Crippen LogP) is 1.24. The number of hydrogen-bond acceptors (Lipinski definition) is 3. The smallest absolute Gasteiger partial charge is 0.237 e. The molecule has 1 aliphatic carbocycles. The van der Waals surface area contributed by atoms with E-state index >= 15 is 0 Å². The van der Waals surface area contributed by atoms with Gasteiger partial charge in [0.05, 0.1) is 18.8 Å². The van der Waals surface area contributed by atoms with Crippen LogP contribution in [0.25, 0.3) is 0 Å². The molecule has 17 heavy (non-hydrogen) atoms. The highest BCUT2D eigenvalue weighted by Gasteiger charge is 2.21. The lowest BCUT2D eigenvalue weighted by molar-refractivity contribution is -0.123. The largest absolute Gasteiger partial charge is 0.376 e. The first-order valence-electron chi connectivity index (χ1n) is 6.49. The van der Waals surface area contributed by atoms with Crippen molar-refractivity contribution in [2.24, 2.45) is 0 Å². The zero-order chi connectivity index (χ0) is 11.2. The number of carbonyl (C=O) groups is 1. The Kier molecular flexibility index (Phi) is 6.85. The average molecular weight is 263 g/mol. The van der Waals surface area contributed by atoms with Crippen LogP contribution in [0.2, 0.25) is 0 Å². The van der Waals surface area contributed by atoms with Crippen LogP contribution < -0.4 is 10.6 Å². The molecule has 1 atom stereocenters. The van der Waals surface area contributed by atoms with E-state index in [1.165, 1.54) is 25.7 Å². The van der Waals surface area contributed by atoms with Crippen LogP contribution in [-0.2, 0) is 9.53 Å². The van der Waals surface area contributed by atoms with Crippen molar-refractivity contribution in [1.82, 2.24) is 10.6 Å². The summed E-state index contributed by atoms with van der Waals surface area (Å²) in [5, 5.41) is 6.11. The highest BCUT2D eigenvalue weighted by Crippen LogP contribution is 2.20. The molecule has 4 nitrogen and oxygen atoms in total. The molecule has 2 aliphatic rings. The number of amides is 1. The first-order chi connectivity index (χ1) is 7.86. The van der Waals surface area contributed by atoms with E-state index in [1.54, 1.807) is 0 Å². The maximum absolute atomic E-state index is 11.6. The van der Waals surface area contributed by atoms with Crippen LogP contribution in [0.3, 0.4) is 0 Å². The van der Waals surface area contributed by atoms with Gasteiger partial charge in [0.15, 0.2) is 0 Å². The van der Waals surface area contributed by atoms with Crippen LogP contribution in [0.5, 0.6) is 0 Å². The maximum atomic E-state index is 11.6. The van der Waals surface area contributed by atoms with Crippen molar-refractivity contribution in [1.29, 1.82) is 0 Å². The lowest BCUT2D eigenvalue weighted by Gasteiger charge is -2.13. The molecule has 1 aliphatic heterocycles. The van der Waals surface area contributed by atoms with Gasteiger partial charge in [-0.05, 0) is 32.2 Å². The van der Waals surface area contributed by atoms with E-state index < -0.39 is 0 Å². The fraction of sp³-hybridized carbons (Fsp3) is 0.917. The molecule has 2 rings (SSSR count). The Morgan fingerprint density at radius 2 is 2.00 bits per heavy atom. The normalized spacial score (nSPS) is 24.6. The molecule has 1 saturated heterocycles. The van der Waals surface area contributed by atoms with E-state index in [1.807, 2.05) is 0 Å². The molecule has 0 spiro atoms. The number of nitrogens with one attached hydrogen (secondary N) is 2. The van der Waals surface area contributed by atoms with E-state index in [0.29, 0.717) is 19.3 Å². The minimum atomic E-state index is 0. The Morgan fingerprint density at radius 3 is 2.65 bits per heavy atom. The minimum Gasteiger partial charge on any atom is -0.376 e. The van der Waals surface area contributed by atoms with Crippen molar-refractivity contribution in [2.75, 3.05) is 19.7 Å². The van der Waals surface area contributed by atoms with Gasteiger partial charge < -0.3 is 15.4 Å². The van der Waals surface area contributed by atoms with Crippen LogP contribution in [0.1, 0.15) is 38.5 Å². The fourth-order valence-corrected chi connectivity index (χ4v) is 2.49. The van der Waals surface area contributed by atoms with Crippen molar-refractivity contribution in [2.45, 2.75) is 50.7 Å². The molecule has 0 unspecified atom stereocenters. The molecule has 2 N–H and O–H groups in total. The summed E-state index contributed by atoms with van der Waals surface area (Å²) in [5.41, 5.74) is 0. The second-order valence-electron chi connectivity index (χ2n) is 4.72. The zero-order valence-corrected chi connectivity index (χ0v) is 11.1. The molecule has 1 saturated carbocycles. The number of rotatable bonds is 5. The molecular weight excluding hydrogens is 240 g/mol. The molecule has 0 aromatic carbocycles. The molecule has 0 bridgehead atoms. The molecule has 1 amide bonds. The average Bonchev–Trinajstić information content (AvgIpc) is 2.96. The van der Waals surface area contributed by atoms with Crippen LogP contribution in [0, 0.1) is 0 Å². The van der Waals surface area contributed by atoms with Crippen molar-refractivity contribution in [3.8, 4) is 0 Å². The highest BCUT2D eigenvalue weighted by atomic mass is 35.5. The number of carbonyl (C=O) groups excluding carboxylic acids is 1. The van der Waals surface area contributed by atoms with Gasteiger partial charge in [0, 0.05) is 6.54 Å². The second-order valence-corrected chi connectivity index (χ2v) is 4.72. The van der Waals surface area contributed by atoms with Gasteiger partial charge in [-0.3, -0.25) is 4.79 Å². The number of ether oxygens (including phenoxy) is 1. The SMILES string of the molecule is Cl.O=C(NCCOC1CCCC1)[C@@H]1CCCN1. The first-order valence-corrected chi connectivity index (χ1v) is 6.49. The Labute approximate surface area is 109 Å².